The minimum Gasteiger partial charge on any atom is -0.481 e. The highest BCUT2D eigenvalue weighted by Crippen LogP contribution is 2.66. The third kappa shape index (κ3) is 2.78. The van der Waals surface area contributed by atoms with E-state index in [1.54, 1.807) is 12.5 Å². The van der Waals surface area contributed by atoms with E-state index in [1.807, 2.05) is 0 Å². The fourth-order valence-corrected chi connectivity index (χ4v) is 7.12. The van der Waals surface area contributed by atoms with Gasteiger partial charge in [0.25, 0.3) is 0 Å². The summed E-state index contributed by atoms with van der Waals surface area (Å²) in [5.41, 5.74) is 1.35. The average molecular weight is 373 g/mol. The lowest BCUT2D eigenvalue weighted by Crippen LogP contribution is -2.53. The number of hydrogen-bond donors (Lipinski definition) is 1. The van der Waals surface area contributed by atoms with Crippen LogP contribution < -0.4 is 0 Å². The molecule has 4 heteroatoms. The Morgan fingerprint density at radius 2 is 2.04 bits per heavy atom. The standard InChI is InChI=1S/C23H32O4/c1-3-20(24)27-14-23-13-11-17-16(18(23)9-10-19(23)21(25)26)8-7-15-6-4-5-12-22(15,17)2/h5-6,12,16-19H,3-4,7-11,13-14H2,1-2H3,(H,25,26)/t16-,17+,18+,19?,22+,23-/m1/s1. The average Bonchev–Trinajstić information content (AvgIpc) is 3.05. The third-order valence-electron chi connectivity index (χ3n) is 8.42. The van der Waals surface area contributed by atoms with E-state index in [-0.39, 0.29) is 22.7 Å². The molecular weight excluding hydrogens is 340 g/mol. The van der Waals surface area contributed by atoms with Gasteiger partial charge in [-0.15, -0.1) is 0 Å². The predicted octanol–water partition coefficient (Wildman–Crippen LogP) is 4.75. The fourth-order valence-electron chi connectivity index (χ4n) is 7.12. The third-order valence-corrected chi connectivity index (χ3v) is 8.42. The molecule has 0 aromatic heterocycles. The predicted molar refractivity (Wildman–Crippen MR) is 103 cm³/mol. The molecule has 3 fully saturated rings. The lowest BCUT2D eigenvalue weighted by atomic mass is 9.47. The van der Waals surface area contributed by atoms with Gasteiger partial charge in [0.2, 0.25) is 0 Å². The highest BCUT2D eigenvalue weighted by molar-refractivity contribution is 5.72. The molecule has 0 spiro atoms. The first-order valence-corrected chi connectivity index (χ1v) is 10.7. The number of aliphatic carboxylic acids is 1. The second-order valence-corrected chi connectivity index (χ2v) is 9.32. The molecule has 27 heavy (non-hydrogen) atoms. The number of rotatable bonds is 4. The topological polar surface area (TPSA) is 63.6 Å². The highest BCUT2D eigenvalue weighted by Gasteiger charge is 2.62. The number of carbonyl (C=O) groups is 2. The summed E-state index contributed by atoms with van der Waals surface area (Å²) in [4.78, 5) is 23.9. The number of ether oxygens (including phenoxy) is 1. The van der Waals surface area contributed by atoms with Crippen LogP contribution in [0.3, 0.4) is 0 Å². The largest absolute Gasteiger partial charge is 0.481 e. The molecule has 6 atom stereocenters. The van der Waals surface area contributed by atoms with Gasteiger partial charge in [0, 0.05) is 17.3 Å². The second-order valence-electron chi connectivity index (χ2n) is 9.32. The van der Waals surface area contributed by atoms with Crippen molar-refractivity contribution in [1.29, 1.82) is 0 Å². The Kier molecular flexibility index (Phi) is 4.72. The van der Waals surface area contributed by atoms with Gasteiger partial charge < -0.3 is 9.84 Å². The number of hydrogen-bond acceptors (Lipinski definition) is 3. The van der Waals surface area contributed by atoms with Gasteiger partial charge >= 0.3 is 11.9 Å². The SMILES string of the molecule is CCC(=O)OC[C@]12CC[C@H]3[C@@H](CCC4=CCC=C[C@@]43C)[C@@H]1CCC2C(=O)O. The molecule has 0 radical (unpaired) electrons. The molecule has 0 amide bonds. The Labute approximate surface area is 162 Å². The minimum atomic E-state index is -0.705. The van der Waals surface area contributed by atoms with Crippen molar-refractivity contribution in [3.8, 4) is 0 Å². The molecule has 3 saturated carbocycles. The summed E-state index contributed by atoms with van der Waals surface area (Å²) in [5.74, 6) is 0.186. The van der Waals surface area contributed by atoms with Crippen molar-refractivity contribution >= 4 is 11.9 Å². The van der Waals surface area contributed by atoms with Crippen molar-refractivity contribution < 1.29 is 19.4 Å². The van der Waals surface area contributed by atoms with Gasteiger partial charge in [0.15, 0.2) is 0 Å². The van der Waals surface area contributed by atoms with Crippen molar-refractivity contribution in [2.24, 2.45) is 34.5 Å². The normalized spacial score (nSPS) is 42.5. The van der Waals surface area contributed by atoms with Crippen molar-refractivity contribution in [2.45, 2.75) is 65.2 Å². The van der Waals surface area contributed by atoms with Gasteiger partial charge in [-0.25, -0.2) is 0 Å². The van der Waals surface area contributed by atoms with E-state index >= 15 is 0 Å². The number of allylic oxidation sites excluding steroid dienone is 4. The molecule has 0 bridgehead atoms. The van der Waals surface area contributed by atoms with Gasteiger partial charge in [0.05, 0.1) is 12.5 Å². The van der Waals surface area contributed by atoms with E-state index < -0.39 is 5.97 Å². The molecular formula is C23H32O4. The monoisotopic (exact) mass is 372 g/mol. The maximum Gasteiger partial charge on any atom is 0.307 e. The Bertz CT molecular complexity index is 692. The Balaban J connectivity index is 1.65. The number of fused-ring (bicyclic) bond motifs is 5. The molecule has 0 aliphatic heterocycles. The maximum absolute atomic E-state index is 12.1. The number of esters is 1. The van der Waals surface area contributed by atoms with Crippen LogP contribution >= 0.6 is 0 Å². The molecule has 4 rings (SSSR count). The van der Waals surface area contributed by atoms with E-state index in [0.29, 0.717) is 30.8 Å². The molecule has 0 heterocycles. The summed E-state index contributed by atoms with van der Waals surface area (Å²) in [7, 11) is 0. The lowest BCUT2D eigenvalue weighted by Gasteiger charge is -2.57. The molecule has 4 aliphatic carbocycles. The van der Waals surface area contributed by atoms with Crippen LogP contribution in [0.25, 0.3) is 0 Å². The van der Waals surface area contributed by atoms with Crippen LogP contribution in [-0.4, -0.2) is 23.7 Å². The highest BCUT2D eigenvalue weighted by atomic mass is 16.5. The molecule has 4 nitrogen and oxygen atoms in total. The molecule has 0 aromatic carbocycles. The summed E-state index contributed by atoms with van der Waals surface area (Å²) < 4.78 is 5.60. The summed E-state index contributed by atoms with van der Waals surface area (Å²) >= 11 is 0. The molecule has 1 N–H and O–H groups in total. The summed E-state index contributed by atoms with van der Waals surface area (Å²) in [6, 6.07) is 0. The van der Waals surface area contributed by atoms with Gasteiger partial charge in [0.1, 0.15) is 0 Å². The van der Waals surface area contributed by atoms with Crippen molar-refractivity contribution in [3.05, 3.63) is 23.8 Å². The summed E-state index contributed by atoms with van der Waals surface area (Å²) in [6.07, 6.45) is 14.4. The van der Waals surface area contributed by atoms with Gasteiger partial charge in [-0.2, -0.15) is 0 Å². The zero-order chi connectivity index (χ0) is 19.2. The van der Waals surface area contributed by atoms with Crippen LogP contribution in [0, 0.1) is 34.5 Å². The fraction of sp³-hybridized carbons (Fsp3) is 0.739. The van der Waals surface area contributed by atoms with Crippen LogP contribution in [0.15, 0.2) is 23.8 Å². The van der Waals surface area contributed by atoms with Gasteiger partial charge in [-0.1, -0.05) is 37.6 Å². The quantitative estimate of drug-likeness (QED) is 0.571. The van der Waals surface area contributed by atoms with Crippen molar-refractivity contribution in [3.63, 3.8) is 0 Å². The van der Waals surface area contributed by atoms with Crippen LogP contribution in [0.4, 0.5) is 0 Å². The Morgan fingerprint density at radius 1 is 1.22 bits per heavy atom. The van der Waals surface area contributed by atoms with E-state index in [0.717, 1.165) is 44.9 Å². The van der Waals surface area contributed by atoms with E-state index in [2.05, 4.69) is 25.2 Å². The lowest BCUT2D eigenvalue weighted by molar-refractivity contribution is -0.164. The molecule has 148 valence electrons. The maximum atomic E-state index is 12.1. The zero-order valence-electron chi connectivity index (χ0n) is 16.6. The zero-order valence-corrected chi connectivity index (χ0v) is 16.6. The van der Waals surface area contributed by atoms with Gasteiger partial charge in [-0.05, 0) is 62.7 Å². The first kappa shape index (κ1) is 18.8. The van der Waals surface area contributed by atoms with E-state index in [9.17, 15) is 14.7 Å². The summed E-state index contributed by atoms with van der Waals surface area (Å²) in [6.45, 7) is 4.47. The minimum absolute atomic E-state index is 0.134. The van der Waals surface area contributed by atoms with Crippen molar-refractivity contribution in [2.75, 3.05) is 6.61 Å². The molecule has 0 aromatic rings. The first-order valence-electron chi connectivity index (χ1n) is 10.7. The first-order chi connectivity index (χ1) is 12.9. The Morgan fingerprint density at radius 3 is 2.78 bits per heavy atom. The van der Waals surface area contributed by atoms with Gasteiger partial charge in [-0.3, -0.25) is 9.59 Å². The van der Waals surface area contributed by atoms with Crippen LogP contribution in [-0.2, 0) is 14.3 Å². The molecule has 0 saturated heterocycles. The van der Waals surface area contributed by atoms with Crippen LogP contribution in [0.2, 0.25) is 0 Å². The molecule has 4 aliphatic rings. The number of carbonyl (C=O) groups excluding carboxylic acids is 1. The number of carboxylic acids is 1. The summed E-state index contributed by atoms with van der Waals surface area (Å²) in [5, 5.41) is 9.91. The van der Waals surface area contributed by atoms with Crippen LogP contribution in [0.1, 0.15) is 65.2 Å². The molecule has 1 unspecified atom stereocenters. The van der Waals surface area contributed by atoms with E-state index in [4.69, 9.17) is 4.74 Å². The van der Waals surface area contributed by atoms with Crippen LogP contribution in [0.5, 0.6) is 0 Å². The van der Waals surface area contributed by atoms with E-state index in [1.165, 1.54) is 0 Å². The number of carboxylic acid groups (broad SMARTS) is 1. The second kappa shape index (κ2) is 6.79. The smallest absolute Gasteiger partial charge is 0.307 e. The van der Waals surface area contributed by atoms with Crippen molar-refractivity contribution in [1.82, 2.24) is 0 Å². The Hall–Kier alpha value is -1.58.